The van der Waals surface area contributed by atoms with Crippen LogP contribution in [0.4, 0.5) is 11.5 Å². The maximum absolute atomic E-state index is 12.2. The second-order valence-electron chi connectivity index (χ2n) is 6.11. The van der Waals surface area contributed by atoms with Gasteiger partial charge >= 0.3 is 5.69 Å². The molecule has 1 fully saturated rings. The summed E-state index contributed by atoms with van der Waals surface area (Å²) < 4.78 is 0.610. The lowest BCUT2D eigenvalue weighted by molar-refractivity contribution is 0.715. The van der Waals surface area contributed by atoms with E-state index in [0.29, 0.717) is 13.0 Å². The van der Waals surface area contributed by atoms with E-state index in [4.69, 9.17) is 28.9 Å². The number of rotatable bonds is 5. The number of benzene rings is 1. The molecule has 6 nitrogen and oxygen atoms in total. The van der Waals surface area contributed by atoms with Gasteiger partial charge in [0.15, 0.2) is 0 Å². The van der Waals surface area contributed by atoms with Crippen LogP contribution in [0.15, 0.2) is 39.9 Å². The van der Waals surface area contributed by atoms with E-state index in [1.54, 1.807) is 11.9 Å². The van der Waals surface area contributed by atoms with Crippen molar-refractivity contribution in [3.8, 4) is 0 Å². The first-order valence-corrected chi connectivity index (χ1v) is 8.30. The van der Waals surface area contributed by atoms with Gasteiger partial charge in [0.2, 0.25) is 0 Å². The number of alkyl halides is 2. The number of H-pyrrole nitrogens is 1. The van der Waals surface area contributed by atoms with Crippen molar-refractivity contribution in [2.24, 2.45) is 5.92 Å². The number of aromatic nitrogens is 2. The van der Waals surface area contributed by atoms with Gasteiger partial charge in [-0.05, 0) is 12.0 Å². The number of hydrogen-bond acceptors (Lipinski definition) is 4. The number of anilines is 2. The van der Waals surface area contributed by atoms with Gasteiger partial charge in [-0.25, -0.2) is 4.79 Å². The molecule has 3 N–H and O–H groups in total. The van der Waals surface area contributed by atoms with Crippen molar-refractivity contribution >= 4 is 34.7 Å². The summed E-state index contributed by atoms with van der Waals surface area (Å²) in [6, 6.07) is 9.42. The number of hydrogen-bond donors (Lipinski definition) is 2. The zero-order valence-electron chi connectivity index (χ0n) is 13.1. The Morgan fingerprint density at radius 3 is 2.54 bits per heavy atom. The third kappa shape index (κ3) is 3.30. The molecule has 128 valence electrons. The molecule has 3 rings (SSSR count). The average molecular weight is 369 g/mol. The first-order chi connectivity index (χ1) is 11.3. The molecule has 1 aromatic heterocycles. The third-order valence-electron chi connectivity index (χ3n) is 4.23. The lowest BCUT2D eigenvalue weighted by atomic mass is 10.2. The van der Waals surface area contributed by atoms with Crippen molar-refractivity contribution in [3.05, 3.63) is 56.7 Å². The van der Waals surface area contributed by atoms with Crippen LogP contribution in [0.5, 0.6) is 0 Å². The fraction of sp³-hybridized carbons (Fsp3) is 0.375. The lowest BCUT2D eigenvalue weighted by Crippen LogP contribution is -2.38. The fourth-order valence-corrected chi connectivity index (χ4v) is 3.27. The Kier molecular flexibility index (Phi) is 4.36. The molecular weight excluding hydrogens is 351 g/mol. The first kappa shape index (κ1) is 16.9. The van der Waals surface area contributed by atoms with Crippen LogP contribution >= 0.6 is 23.2 Å². The highest BCUT2D eigenvalue weighted by molar-refractivity contribution is 6.50. The van der Waals surface area contributed by atoms with E-state index in [1.807, 2.05) is 30.3 Å². The molecule has 0 amide bonds. The van der Waals surface area contributed by atoms with Gasteiger partial charge in [0, 0.05) is 19.5 Å². The molecular formula is C16H18Cl2N4O2. The summed E-state index contributed by atoms with van der Waals surface area (Å²) in [7, 11) is 1.74. The molecule has 1 aromatic carbocycles. The Labute approximate surface area is 148 Å². The molecule has 2 aromatic rings. The highest BCUT2D eigenvalue weighted by atomic mass is 35.5. The van der Waals surface area contributed by atoms with Gasteiger partial charge in [-0.1, -0.05) is 30.3 Å². The monoisotopic (exact) mass is 368 g/mol. The Morgan fingerprint density at radius 1 is 1.33 bits per heavy atom. The minimum atomic E-state index is -0.742. The van der Waals surface area contributed by atoms with Crippen LogP contribution in [0.25, 0.3) is 0 Å². The predicted octanol–water partition coefficient (Wildman–Crippen LogP) is 1.80. The van der Waals surface area contributed by atoms with E-state index in [9.17, 15) is 9.59 Å². The largest absolute Gasteiger partial charge is 0.383 e. The zero-order chi connectivity index (χ0) is 17.5. The molecule has 1 aliphatic rings. The molecule has 0 unspecified atom stereocenters. The summed E-state index contributed by atoms with van der Waals surface area (Å²) in [4.78, 5) is 28.4. The van der Waals surface area contributed by atoms with Gasteiger partial charge < -0.3 is 10.6 Å². The zero-order valence-corrected chi connectivity index (χ0v) is 14.6. The van der Waals surface area contributed by atoms with Crippen LogP contribution in [-0.2, 0) is 6.54 Å². The smallest absolute Gasteiger partial charge is 0.330 e. The van der Waals surface area contributed by atoms with Gasteiger partial charge in [-0.2, -0.15) is 0 Å². The summed E-state index contributed by atoms with van der Waals surface area (Å²) in [5.74, 6) is 0.199. The number of nitrogens with one attached hydrogen (secondary N) is 1. The highest BCUT2D eigenvalue weighted by Crippen LogP contribution is 2.53. The number of nitrogen functional groups attached to an aromatic ring is 1. The standard InChI is InChI=1S/C16H18Cl2N4O2/c1-21(9-11-7-16(11,17)18)12-13(19)22(15(24)20-14(12)23)8-10-5-3-2-4-6-10/h2-6,11H,7-9,19H2,1H3,(H,20,23,24)/t11-/m1/s1. The second kappa shape index (κ2) is 6.18. The van der Waals surface area contributed by atoms with Gasteiger partial charge in [-0.3, -0.25) is 14.3 Å². The Bertz CT molecular complexity index is 861. The van der Waals surface area contributed by atoms with E-state index >= 15 is 0 Å². The predicted molar refractivity (Wildman–Crippen MR) is 97.1 cm³/mol. The summed E-state index contributed by atoms with van der Waals surface area (Å²) in [5, 5.41) is 0. The molecule has 8 heteroatoms. The molecule has 24 heavy (non-hydrogen) atoms. The maximum Gasteiger partial charge on any atom is 0.330 e. The van der Waals surface area contributed by atoms with Crippen molar-refractivity contribution < 1.29 is 0 Å². The van der Waals surface area contributed by atoms with Crippen LogP contribution in [-0.4, -0.2) is 27.5 Å². The number of nitrogens with zero attached hydrogens (tertiary/aromatic N) is 2. The molecule has 0 bridgehead atoms. The minimum Gasteiger partial charge on any atom is -0.383 e. The SMILES string of the molecule is CN(C[C@H]1CC1(Cl)Cl)c1c(N)n(Cc2ccccc2)c(=O)[nH]c1=O. The summed E-state index contributed by atoms with van der Waals surface area (Å²) >= 11 is 12.1. The van der Waals surface area contributed by atoms with E-state index in [1.165, 1.54) is 4.57 Å². The molecule has 0 saturated heterocycles. The van der Waals surface area contributed by atoms with E-state index in [-0.39, 0.29) is 24.0 Å². The molecule has 0 aliphatic heterocycles. The van der Waals surface area contributed by atoms with Gasteiger partial charge in [0.05, 0.1) is 6.54 Å². The topological polar surface area (TPSA) is 84.1 Å². The van der Waals surface area contributed by atoms with E-state index in [2.05, 4.69) is 4.98 Å². The van der Waals surface area contributed by atoms with Gasteiger partial charge in [-0.15, -0.1) is 23.2 Å². The third-order valence-corrected chi connectivity index (χ3v) is 5.16. The van der Waals surface area contributed by atoms with Crippen molar-refractivity contribution in [2.75, 3.05) is 24.2 Å². The Hall–Kier alpha value is -1.92. The number of aromatic amines is 1. The van der Waals surface area contributed by atoms with Crippen molar-refractivity contribution in [2.45, 2.75) is 17.3 Å². The molecule has 1 heterocycles. The van der Waals surface area contributed by atoms with Crippen molar-refractivity contribution in [1.29, 1.82) is 0 Å². The number of halogens is 2. The maximum atomic E-state index is 12.2. The van der Waals surface area contributed by atoms with Gasteiger partial charge in [0.1, 0.15) is 15.8 Å². The molecule has 0 radical (unpaired) electrons. The lowest BCUT2D eigenvalue weighted by Gasteiger charge is -2.22. The normalized spacial score (nSPS) is 18.4. The number of nitrogens with two attached hydrogens (primary N) is 1. The van der Waals surface area contributed by atoms with Crippen LogP contribution in [0.3, 0.4) is 0 Å². The Morgan fingerprint density at radius 2 is 1.96 bits per heavy atom. The Balaban J connectivity index is 1.94. The average Bonchev–Trinajstić information content (AvgIpc) is 3.10. The van der Waals surface area contributed by atoms with E-state index in [0.717, 1.165) is 5.56 Å². The van der Waals surface area contributed by atoms with Crippen molar-refractivity contribution in [1.82, 2.24) is 9.55 Å². The molecule has 0 spiro atoms. The van der Waals surface area contributed by atoms with Crippen molar-refractivity contribution in [3.63, 3.8) is 0 Å². The van der Waals surface area contributed by atoms with Gasteiger partial charge in [0.25, 0.3) is 5.56 Å². The quantitative estimate of drug-likeness (QED) is 0.788. The molecule has 1 saturated carbocycles. The fourth-order valence-electron chi connectivity index (χ4n) is 2.76. The second-order valence-corrected chi connectivity index (χ2v) is 7.65. The van der Waals surface area contributed by atoms with Crippen LogP contribution < -0.4 is 21.9 Å². The summed E-state index contributed by atoms with van der Waals surface area (Å²) in [6.45, 7) is 0.769. The highest BCUT2D eigenvalue weighted by Gasteiger charge is 2.52. The van der Waals surface area contributed by atoms with Crippen LogP contribution in [0, 0.1) is 5.92 Å². The molecule has 1 aliphatic carbocycles. The van der Waals surface area contributed by atoms with Crippen LogP contribution in [0.1, 0.15) is 12.0 Å². The summed E-state index contributed by atoms with van der Waals surface area (Å²) in [5.41, 5.74) is 6.25. The first-order valence-electron chi connectivity index (χ1n) is 7.55. The van der Waals surface area contributed by atoms with Crippen LogP contribution in [0.2, 0.25) is 0 Å². The summed E-state index contributed by atoms with van der Waals surface area (Å²) in [6.07, 6.45) is 0.669. The minimum absolute atomic E-state index is 0.0686. The molecule has 1 atom stereocenters. The van der Waals surface area contributed by atoms with E-state index < -0.39 is 15.6 Å².